The molecule has 0 amide bonds. The highest BCUT2D eigenvalue weighted by atomic mass is 15.1. The topological polar surface area (TPSA) is 63.8 Å². The average molecular weight is 250 g/mol. The Kier molecular flexibility index (Phi) is 5.54. The maximum Gasteiger partial charge on any atom is 0.223 e. The first kappa shape index (κ1) is 14.9. The van der Waals surface area contributed by atoms with Gasteiger partial charge in [-0.1, -0.05) is 27.7 Å². The first-order valence-electron chi connectivity index (χ1n) is 6.74. The van der Waals surface area contributed by atoms with Gasteiger partial charge in [-0.3, -0.25) is 0 Å². The Morgan fingerprint density at radius 1 is 1.22 bits per heavy atom. The molecule has 0 radical (unpaired) electrons. The lowest BCUT2D eigenvalue weighted by Gasteiger charge is -2.19. The van der Waals surface area contributed by atoms with Gasteiger partial charge in [-0.25, -0.2) is 9.97 Å². The summed E-state index contributed by atoms with van der Waals surface area (Å²) in [5.41, 5.74) is 7.86. The highest BCUT2D eigenvalue weighted by Gasteiger charge is 2.12. The summed E-state index contributed by atoms with van der Waals surface area (Å²) < 4.78 is 0. The zero-order valence-corrected chi connectivity index (χ0v) is 12.2. The van der Waals surface area contributed by atoms with E-state index in [1.807, 2.05) is 13.0 Å². The summed E-state index contributed by atoms with van der Waals surface area (Å²) in [6.07, 6.45) is 1.03. The zero-order valence-electron chi connectivity index (χ0n) is 12.2. The predicted octanol–water partition coefficient (Wildman–Crippen LogP) is 2.69. The van der Waals surface area contributed by atoms with Crippen LogP contribution in [0.4, 0.5) is 5.95 Å². The molecule has 1 heterocycles. The average Bonchev–Trinajstić information content (AvgIpc) is 2.26. The first-order chi connectivity index (χ1) is 8.42. The molecule has 1 aromatic rings. The van der Waals surface area contributed by atoms with Gasteiger partial charge in [0, 0.05) is 24.0 Å². The van der Waals surface area contributed by atoms with Gasteiger partial charge in [0.15, 0.2) is 0 Å². The summed E-state index contributed by atoms with van der Waals surface area (Å²) in [5, 5.41) is 3.35. The van der Waals surface area contributed by atoms with Crippen LogP contribution < -0.4 is 11.1 Å². The van der Waals surface area contributed by atoms with Crippen LogP contribution in [0.2, 0.25) is 0 Å². The number of nitrogens with zero attached hydrogens (tertiary/aromatic N) is 2. The molecular weight excluding hydrogens is 224 g/mol. The third kappa shape index (κ3) is 4.61. The molecule has 1 unspecified atom stereocenters. The Hall–Kier alpha value is -1.16. The lowest BCUT2D eigenvalue weighted by molar-refractivity contribution is 0.519. The number of aromatic nitrogens is 2. The van der Waals surface area contributed by atoms with E-state index in [9.17, 15) is 0 Å². The van der Waals surface area contributed by atoms with Gasteiger partial charge in [0.1, 0.15) is 0 Å². The number of aryl methyl sites for hydroxylation is 1. The van der Waals surface area contributed by atoms with Crippen LogP contribution in [0, 0.1) is 12.8 Å². The molecule has 1 aromatic heterocycles. The number of hydrogen-bond donors (Lipinski definition) is 2. The molecule has 0 fully saturated rings. The van der Waals surface area contributed by atoms with Crippen molar-refractivity contribution >= 4 is 5.95 Å². The summed E-state index contributed by atoms with van der Waals surface area (Å²) in [6.45, 7) is 11.3. The van der Waals surface area contributed by atoms with Crippen molar-refractivity contribution in [3.05, 3.63) is 17.5 Å². The Morgan fingerprint density at radius 3 is 2.39 bits per heavy atom. The van der Waals surface area contributed by atoms with Crippen LogP contribution in [-0.2, 0) is 0 Å². The molecule has 4 heteroatoms. The molecule has 0 aliphatic rings. The smallest absolute Gasteiger partial charge is 0.223 e. The van der Waals surface area contributed by atoms with Gasteiger partial charge in [-0.05, 0) is 31.2 Å². The molecule has 0 aromatic carbocycles. The number of nitrogens with two attached hydrogens (primary N) is 1. The van der Waals surface area contributed by atoms with Crippen molar-refractivity contribution in [2.24, 2.45) is 11.7 Å². The summed E-state index contributed by atoms with van der Waals surface area (Å²) in [7, 11) is 0. The van der Waals surface area contributed by atoms with Crippen molar-refractivity contribution in [2.45, 2.75) is 53.0 Å². The third-order valence-corrected chi connectivity index (χ3v) is 2.84. The van der Waals surface area contributed by atoms with Gasteiger partial charge in [0.25, 0.3) is 0 Å². The van der Waals surface area contributed by atoms with E-state index in [2.05, 4.69) is 43.0 Å². The van der Waals surface area contributed by atoms with Crippen molar-refractivity contribution < 1.29 is 0 Å². The van der Waals surface area contributed by atoms with Crippen molar-refractivity contribution in [3.8, 4) is 0 Å². The van der Waals surface area contributed by atoms with Gasteiger partial charge < -0.3 is 11.1 Å². The molecule has 0 spiro atoms. The van der Waals surface area contributed by atoms with Gasteiger partial charge >= 0.3 is 0 Å². The Morgan fingerprint density at radius 2 is 1.89 bits per heavy atom. The van der Waals surface area contributed by atoms with Gasteiger partial charge in [0.05, 0.1) is 0 Å². The molecule has 0 saturated heterocycles. The highest BCUT2D eigenvalue weighted by Crippen LogP contribution is 2.16. The molecular formula is C14H26N4. The van der Waals surface area contributed by atoms with Crippen LogP contribution in [0.5, 0.6) is 0 Å². The second-order valence-electron chi connectivity index (χ2n) is 5.62. The summed E-state index contributed by atoms with van der Waals surface area (Å²) in [6, 6.07) is 2.28. The Balaban J connectivity index is 2.82. The minimum absolute atomic E-state index is 0.242. The van der Waals surface area contributed by atoms with E-state index < -0.39 is 0 Å². The van der Waals surface area contributed by atoms with Gasteiger partial charge in [-0.15, -0.1) is 0 Å². The predicted molar refractivity (Wildman–Crippen MR) is 76.8 cm³/mol. The fraction of sp³-hybridized carbons (Fsp3) is 0.714. The van der Waals surface area contributed by atoms with Crippen LogP contribution in [-0.4, -0.2) is 22.6 Å². The quantitative estimate of drug-likeness (QED) is 0.814. The van der Waals surface area contributed by atoms with Crippen molar-refractivity contribution in [3.63, 3.8) is 0 Å². The van der Waals surface area contributed by atoms with Crippen molar-refractivity contribution in [1.29, 1.82) is 0 Å². The molecule has 4 nitrogen and oxygen atoms in total. The molecule has 0 aliphatic carbocycles. The lowest BCUT2D eigenvalue weighted by Crippen LogP contribution is -2.31. The van der Waals surface area contributed by atoms with Gasteiger partial charge in [-0.2, -0.15) is 0 Å². The fourth-order valence-electron chi connectivity index (χ4n) is 1.92. The van der Waals surface area contributed by atoms with Crippen molar-refractivity contribution in [1.82, 2.24) is 9.97 Å². The van der Waals surface area contributed by atoms with Crippen LogP contribution in [0.15, 0.2) is 6.07 Å². The van der Waals surface area contributed by atoms with E-state index in [0.717, 1.165) is 17.8 Å². The molecule has 18 heavy (non-hydrogen) atoms. The molecule has 0 saturated carbocycles. The third-order valence-electron chi connectivity index (χ3n) is 2.84. The summed E-state index contributed by atoms with van der Waals surface area (Å²) in [4.78, 5) is 8.98. The maximum atomic E-state index is 5.79. The van der Waals surface area contributed by atoms with E-state index >= 15 is 0 Å². The molecule has 3 N–H and O–H groups in total. The van der Waals surface area contributed by atoms with E-state index in [1.54, 1.807) is 0 Å². The van der Waals surface area contributed by atoms with E-state index in [1.165, 1.54) is 0 Å². The Bertz CT molecular complexity index is 374. The SMILES string of the molecule is Cc1cc(C(C)C)nc(NC(CN)CC(C)C)n1. The zero-order chi connectivity index (χ0) is 13.7. The van der Waals surface area contributed by atoms with Crippen LogP contribution in [0.25, 0.3) is 0 Å². The fourth-order valence-corrected chi connectivity index (χ4v) is 1.92. The van der Waals surface area contributed by atoms with Crippen LogP contribution in [0.1, 0.15) is 51.4 Å². The molecule has 1 rings (SSSR count). The van der Waals surface area contributed by atoms with Gasteiger partial charge in [0.2, 0.25) is 5.95 Å². The summed E-state index contributed by atoms with van der Waals surface area (Å²) >= 11 is 0. The second-order valence-corrected chi connectivity index (χ2v) is 5.62. The minimum atomic E-state index is 0.242. The number of anilines is 1. The highest BCUT2D eigenvalue weighted by molar-refractivity contribution is 5.30. The standard InChI is InChI=1S/C14H26N4/c1-9(2)6-12(8-15)17-14-16-11(5)7-13(18-14)10(3)4/h7,9-10,12H,6,8,15H2,1-5H3,(H,16,17,18). The summed E-state index contributed by atoms with van der Waals surface area (Å²) in [5.74, 6) is 1.73. The van der Waals surface area contributed by atoms with E-state index in [-0.39, 0.29) is 6.04 Å². The van der Waals surface area contributed by atoms with Crippen LogP contribution in [0.3, 0.4) is 0 Å². The largest absolute Gasteiger partial charge is 0.350 e. The molecule has 1 atom stereocenters. The maximum absolute atomic E-state index is 5.79. The van der Waals surface area contributed by atoms with Crippen molar-refractivity contribution in [2.75, 3.05) is 11.9 Å². The first-order valence-corrected chi connectivity index (χ1v) is 6.74. The minimum Gasteiger partial charge on any atom is -0.350 e. The Labute approximate surface area is 110 Å². The normalized spacial score (nSPS) is 13.1. The molecule has 0 bridgehead atoms. The van der Waals surface area contributed by atoms with E-state index in [0.29, 0.717) is 24.3 Å². The number of rotatable bonds is 6. The second kappa shape index (κ2) is 6.69. The van der Waals surface area contributed by atoms with Crippen LogP contribution >= 0.6 is 0 Å². The molecule has 102 valence electrons. The molecule has 0 aliphatic heterocycles. The number of nitrogens with one attached hydrogen (secondary N) is 1. The lowest BCUT2D eigenvalue weighted by atomic mass is 10.0. The number of hydrogen-bond acceptors (Lipinski definition) is 4. The monoisotopic (exact) mass is 250 g/mol. The van der Waals surface area contributed by atoms with E-state index in [4.69, 9.17) is 5.73 Å².